The zero-order valence-corrected chi connectivity index (χ0v) is 13.4. The molecule has 0 amide bonds. The van der Waals surface area contributed by atoms with E-state index in [1.165, 1.54) is 0 Å². The average molecular weight is 314 g/mol. The van der Waals surface area contributed by atoms with Gasteiger partial charge in [-0.2, -0.15) is 0 Å². The smallest absolute Gasteiger partial charge is 0.143 e. The highest BCUT2D eigenvalue weighted by Crippen LogP contribution is 2.29. The van der Waals surface area contributed by atoms with E-state index >= 15 is 0 Å². The molecular formula is C17H18N2O2S. The van der Waals surface area contributed by atoms with Crippen LogP contribution in [0.5, 0.6) is 11.5 Å². The van der Waals surface area contributed by atoms with Crippen LogP contribution in [0.25, 0.3) is 11.4 Å². The third-order valence-electron chi connectivity index (χ3n) is 3.57. The van der Waals surface area contributed by atoms with Gasteiger partial charge in [-0.25, -0.2) is 0 Å². The topological polar surface area (TPSA) is 42.5 Å². The van der Waals surface area contributed by atoms with E-state index < -0.39 is 0 Å². The van der Waals surface area contributed by atoms with Gasteiger partial charge in [0, 0.05) is 11.1 Å². The molecule has 0 radical (unpaired) electrons. The van der Waals surface area contributed by atoms with Crippen molar-refractivity contribution in [2.45, 2.75) is 5.50 Å². The number of thiol groups is 1. The molecule has 0 saturated heterocycles. The van der Waals surface area contributed by atoms with Gasteiger partial charge in [-0.1, -0.05) is 0 Å². The Kier molecular flexibility index (Phi) is 4.15. The Balaban J connectivity index is 1.99. The predicted octanol–water partition coefficient (Wildman–Crippen LogP) is 2.94. The van der Waals surface area contributed by atoms with Crippen molar-refractivity contribution in [1.82, 2.24) is 10.6 Å². The number of rotatable bonds is 4. The van der Waals surface area contributed by atoms with Gasteiger partial charge in [-0.3, -0.25) is 0 Å². The Morgan fingerprint density at radius 2 is 1.09 bits per heavy atom. The van der Waals surface area contributed by atoms with E-state index in [1.54, 1.807) is 14.2 Å². The number of nitrogens with one attached hydrogen (secondary N) is 2. The molecule has 4 nitrogen and oxygen atoms in total. The van der Waals surface area contributed by atoms with Crippen LogP contribution in [0.2, 0.25) is 0 Å². The Hall–Kier alpha value is -2.27. The fourth-order valence-corrected chi connectivity index (χ4v) is 2.68. The minimum absolute atomic E-state index is 0.116. The summed E-state index contributed by atoms with van der Waals surface area (Å²) in [5, 5.41) is 6.69. The van der Waals surface area contributed by atoms with Crippen LogP contribution < -0.4 is 20.1 Å². The minimum Gasteiger partial charge on any atom is -0.497 e. The third-order valence-corrected chi connectivity index (χ3v) is 3.83. The van der Waals surface area contributed by atoms with Gasteiger partial charge in [0.05, 0.1) is 25.6 Å². The Morgan fingerprint density at radius 3 is 1.41 bits per heavy atom. The molecule has 0 spiro atoms. The van der Waals surface area contributed by atoms with Gasteiger partial charge in [0.15, 0.2) is 0 Å². The van der Waals surface area contributed by atoms with Gasteiger partial charge in [-0.05, 0) is 48.5 Å². The monoisotopic (exact) mass is 314 g/mol. The van der Waals surface area contributed by atoms with Gasteiger partial charge in [-0.15, -0.1) is 12.6 Å². The maximum atomic E-state index is 5.21. The van der Waals surface area contributed by atoms with Gasteiger partial charge in [0.2, 0.25) is 0 Å². The molecule has 0 bridgehead atoms. The maximum Gasteiger partial charge on any atom is 0.143 e. The first-order chi connectivity index (χ1) is 10.7. The summed E-state index contributed by atoms with van der Waals surface area (Å²) in [6.45, 7) is 0. The average Bonchev–Trinajstić information content (AvgIpc) is 2.97. The first-order valence-corrected chi connectivity index (χ1v) is 7.47. The van der Waals surface area contributed by atoms with Crippen LogP contribution in [0.1, 0.15) is 11.1 Å². The van der Waals surface area contributed by atoms with E-state index in [9.17, 15) is 0 Å². The number of ether oxygens (including phenoxy) is 2. The predicted molar refractivity (Wildman–Crippen MR) is 91.8 cm³/mol. The van der Waals surface area contributed by atoms with E-state index in [1.807, 2.05) is 48.5 Å². The lowest BCUT2D eigenvalue weighted by Crippen LogP contribution is -2.26. The van der Waals surface area contributed by atoms with Gasteiger partial charge >= 0.3 is 0 Å². The number of hydrogen-bond acceptors (Lipinski definition) is 5. The van der Waals surface area contributed by atoms with Crippen LogP contribution in [0, 0.1) is 0 Å². The largest absolute Gasteiger partial charge is 0.497 e. The second kappa shape index (κ2) is 6.23. The van der Waals surface area contributed by atoms with E-state index in [4.69, 9.17) is 9.47 Å². The molecular weight excluding hydrogens is 296 g/mol. The quantitative estimate of drug-likeness (QED) is 0.759. The summed E-state index contributed by atoms with van der Waals surface area (Å²) in [6, 6.07) is 15.9. The summed E-state index contributed by atoms with van der Waals surface area (Å²) in [6.07, 6.45) is 0. The molecule has 2 N–H and O–H groups in total. The minimum atomic E-state index is -0.116. The summed E-state index contributed by atoms with van der Waals surface area (Å²) < 4.78 is 10.4. The zero-order chi connectivity index (χ0) is 15.5. The van der Waals surface area contributed by atoms with Crippen LogP contribution in [0.3, 0.4) is 0 Å². The molecule has 0 fully saturated rings. The lowest BCUT2D eigenvalue weighted by atomic mass is 10.1. The number of methoxy groups -OCH3 is 2. The highest BCUT2D eigenvalue weighted by atomic mass is 32.1. The van der Waals surface area contributed by atoms with E-state index in [-0.39, 0.29) is 5.50 Å². The molecule has 1 aliphatic heterocycles. The molecule has 22 heavy (non-hydrogen) atoms. The van der Waals surface area contributed by atoms with Crippen LogP contribution >= 0.6 is 12.6 Å². The second-order valence-corrected chi connectivity index (χ2v) is 5.41. The summed E-state index contributed by atoms with van der Waals surface area (Å²) in [5.41, 5.74) is 4.08. The van der Waals surface area contributed by atoms with Crippen molar-refractivity contribution in [2.24, 2.45) is 0 Å². The fourth-order valence-electron chi connectivity index (χ4n) is 2.42. The molecule has 2 aromatic carbocycles. The standard InChI is InChI=1S/C17H18N2O2S/c1-20-13-7-3-11(4-8-13)15-16(19-17(22)18-15)12-5-9-14(21-2)10-6-12/h3-10,17-19,22H,1-2H3. The van der Waals surface area contributed by atoms with E-state index in [0.29, 0.717) is 0 Å². The first-order valence-electron chi connectivity index (χ1n) is 6.95. The molecule has 1 aliphatic rings. The first kappa shape index (κ1) is 14.7. The molecule has 0 saturated carbocycles. The highest BCUT2D eigenvalue weighted by molar-refractivity contribution is 7.80. The van der Waals surface area contributed by atoms with Crippen molar-refractivity contribution in [3.05, 3.63) is 59.7 Å². The summed E-state index contributed by atoms with van der Waals surface area (Å²) in [4.78, 5) is 0. The molecule has 114 valence electrons. The molecule has 0 aliphatic carbocycles. The molecule has 0 atom stereocenters. The molecule has 3 rings (SSSR count). The van der Waals surface area contributed by atoms with Crippen LogP contribution in [0.15, 0.2) is 48.5 Å². The molecule has 5 heteroatoms. The normalized spacial score (nSPS) is 14.5. The second-order valence-electron chi connectivity index (χ2n) is 4.90. The van der Waals surface area contributed by atoms with Crippen LogP contribution in [-0.4, -0.2) is 19.7 Å². The zero-order valence-electron chi connectivity index (χ0n) is 12.5. The summed E-state index contributed by atoms with van der Waals surface area (Å²) in [7, 11) is 3.33. The number of hydrogen-bond donors (Lipinski definition) is 3. The molecule has 2 aromatic rings. The lowest BCUT2D eigenvalue weighted by Gasteiger charge is -2.09. The Labute approximate surface area is 135 Å². The van der Waals surface area contributed by atoms with Crippen molar-refractivity contribution in [3.8, 4) is 11.5 Å². The van der Waals surface area contributed by atoms with Gasteiger partial charge in [0.25, 0.3) is 0 Å². The van der Waals surface area contributed by atoms with Crippen LogP contribution in [0.4, 0.5) is 0 Å². The van der Waals surface area contributed by atoms with Crippen molar-refractivity contribution >= 4 is 24.0 Å². The van der Waals surface area contributed by atoms with E-state index in [2.05, 4.69) is 23.3 Å². The lowest BCUT2D eigenvalue weighted by molar-refractivity contribution is 0.414. The summed E-state index contributed by atoms with van der Waals surface area (Å²) >= 11 is 4.48. The van der Waals surface area contributed by atoms with E-state index in [0.717, 1.165) is 34.0 Å². The van der Waals surface area contributed by atoms with Gasteiger partial charge < -0.3 is 20.1 Å². The Morgan fingerprint density at radius 1 is 0.727 bits per heavy atom. The van der Waals surface area contributed by atoms with Gasteiger partial charge in [0.1, 0.15) is 17.0 Å². The SMILES string of the molecule is COc1ccc(C2=C(c3ccc(OC)cc3)NC(S)N2)cc1. The Bertz CT molecular complexity index is 621. The van der Waals surface area contributed by atoms with Crippen molar-refractivity contribution in [2.75, 3.05) is 14.2 Å². The van der Waals surface area contributed by atoms with Crippen molar-refractivity contribution in [1.29, 1.82) is 0 Å². The molecule has 0 aromatic heterocycles. The van der Waals surface area contributed by atoms with Crippen molar-refractivity contribution < 1.29 is 9.47 Å². The third kappa shape index (κ3) is 2.85. The number of benzene rings is 2. The molecule has 0 unspecified atom stereocenters. The highest BCUT2D eigenvalue weighted by Gasteiger charge is 2.22. The van der Waals surface area contributed by atoms with Crippen LogP contribution in [-0.2, 0) is 0 Å². The maximum absolute atomic E-state index is 5.21. The summed E-state index contributed by atoms with van der Waals surface area (Å²) in [5.74, 6) is 1.67. The fraction of sp³-hybridized carbons (Fsp3) is 0.176. The van der Waals surface area contributed by atoms with Crippen molar-refractivity contribution in [3.63, 3.8) is 0 Å². The molecule has 1 heterocycles.